The highest BCUT2D eigenvalue weighted by atomic mass is 32.2. The number of esters is 2. The van der Waals surface area contributed by atoms with E-state index in [9.17, 15) is 18.0 Å². The number of ether oxygens (including phenoxy) is 2. The fourth-order valence-corrected chi connectivity index (χ4v) is 2.10. The summed E-state index contributed by atoms with van der Waals surface area (Å²) in [6.07, 6.45) is -0.846. The summed E-state index contributed by atoms with van der Waals surface area (Å²) in [5.41, 5.74) is -0.334. The van der Waals surface area contributed by atoms with Gasteiger partial charge in [-0.25, -0.2) is 9.59 Å². The molecule has 8 heteroatoms. The summed E-state index contributed by atoms with van der Waals surface area (Å²) in [7, 11) is -4.59. The molecule has 0 saturated heterocycles. The molecule has 0 heterocycles. The SMILES string of the molecule is CC(C)OC(=O)c1cc(C(=O)OC(C)C)cc(S(=O)(=O)O)c1. The third-order valence-corrected chi connectivity index (χ3v) is 3.19. The molecule has 0 spiro atoms. The lowest BCUT2D eigenvalue weighted by Gasteiger charge is -2.12. The van der Waals surface area contributed by atoms with Gasteiger partial charge < -0.3 is 9.47 Å². The van der Waals surface area contributed by atoms with Gasteiger partial charge >= 0.3 is 11.9 Å². The van der Waals surface area contributed by atoms with Crippen LogP contribution in [0.2, 0.25) is 0 Å². The van der Waals surface area contributed by atoms with E-state index >= 15 is 0 Å². The van der Waals surface area contributed by atoms with Crippen LogP contribution >= 0.6 is 0 Å². The average molecular weight is 330 g/mol. The Bertz CT molecular complexity index is 634. The van der Waals surface area contributed by atoms with Crippen LogP contribution in [0.15, 0.2) is 23.1 Å². The normalized spacial score (nSPS) is 11.6. The van der Waals surface area contributed by atoms with Gasteiger partial charge in [0.1, 0.15) is 0 Å². The lowest BCUT2D eigenvalue weighted by atomic mass is 10.1. The lowest BCUT2D eigenvalue weighted by molar-refractivity contribution is 0.0377. The molecule has 0 unspecified atom stereocenters. The predicted octanol–water partition coefficient (Wildman–Crippen LogP) is 2.06. The first-order chi connectivity index (χ1) is 10.0. The molecule has 0 radical (unpaired) electrons. The van der Waals surface area contributed by atoms with Crippen molar-refractivity contribution in [2.45, 2.75) is 44.8 Å². The first kappa shape index (κ1) is 18.1. The highest BCUT2D eigenvalue weighted by molar-refractivity contribution is 7.85. The quantitative estimate of drug-likeness (QED) is 0.650. The van der Waals surface area contributed by atoms with E-state index in [1.165, 1.54) is 0 Å². The number of benzene rings is 1. The fraction of sp³-hybridized carbons (Fsp3) is 0.429. The van der Waals surface area contributed by atoms with E-state index in [-0.39, 0.29) is 11.1 Å². The van der Waals surface area contributed by atoms with Crippen molar-refractivity contribution < 1.29 is 32.0 Å². The Labute approximate surface area is 129 Å². The predicted molar refractivity (Wildman–Crippen MR) is 77.4 cm³/mol. The Balaban J connectivity index is 3.34. The van der Waals surface area contributed by atoms with Crippen LogP contribution < -0.4 is 0 Å². The summed E-state index contributed by atoms with van der Waals surface area (Å²) in [5.74, 6) is -1.61. The second kappa shape index (κ2) is 6.89. The zero-order valence-electron chi connectivity index (χ0n) is 12.7. The molecule has 0 aliphatic rings. The van der Waals surface area contributed by atoms with Crippen molar-refractivity contribution in [1.29, 1.82) is 0 Å². The standard InChI is InChI=1S/C14H18O7S/c1-8(2)20-13(15)10-5-11(14(16)21-9(3)4)7-12(6-10)22(17,18)19/h5-9H,1-4H3,(H,17,18,19). The second-order valence-corrected chi connectivity index (χ2v) is 6.55. The van der Waals surface area contributed by atoms with Gasteiger partial charge in [-0.05, 0) is 45.9 Å². The molecule has 0 aliphatic heterocycles. The molecule has 22 heavy (non-hydrogen) atoms. The Morgan fingerprint density at radius 3 is 1.55 bits per heavy atom. The molecule has 122 valence electrons. The molecular weight excluding hydrogens is 312 g/mol. The summed E-state index contributed by atoms with van der Waals surface area (Å²) >= 11 is 0. The van der Waals surface area contributed by atoms with Crippen molar-refractivity contribution in [1.82, 2.24) is 0 Å². The van der Waals surface area contributed by atoms with Gasteiger partial charge in [0.25, 0.3) is 10.1 Å². The number of carbonyl (C=O) groups excluding carboxylic acids is 2. The molecule has 0 aliphatic carbocycles. The smallest absolute Gasteiger partial charge is 0.338 e. The molecule has 1 aromatic carbocycles. The maximum absolute atomic E-state index is 11.9. The Kier molecular flexibility index (Phi) is 5.67. The number of hydrogen-bond donors (Lipinski definition) is 1. The van der Waals surface area contributed by atoms with Crippen LogP contribution in [0.25, 0.3) is 0 Å². The van der Waals surface area contributed by atoms with Crippen LogP contribution in [-0.4, -0.2) is 37.1 Å². The highest BCUT2D eigenvalue weighted by Crippen LogP contribution is 2.18. The zero-order chi connectivity index (χ0) is 17.1. The summed E-state index contributed by atoms with van der Waals surface area (Å²) < 4.78 is 41.6. The van der Waals surface area contributed by atoms with Gasteiger partial charge in [0.2, 0.25) is 0 Å². The summed E-state index contributed by atoms with van der Waals surface area (Å²) in [4.78, 5) is 23.2. The Morgan fingerprint density at radius 1 is 0.909 bits per heavy atom. The maximum atomic E-state index is 11.9. The highest BCUT2D eigenvalue weighted by Gasteiger charge is 2.21. The summed E-state index contributed by atoms with van der Waals surface area (Å²) in [5, 5.41) is 0. The van der Waals surface area contributed by atoms with Crippen LogP contribution in [0.4, 0.5) is 0 Å². The fourth-order valence-electron chi connectivity index (χ4n) is 1.55. The monoisotopic (exact) mass is 330 g/mol. The van der Waals surface area contributed by atoms with Crippen molar-refractivity contribution in [3.8, 4) is 0 Å². The van der Waals surface area contributed by atoms with E-state index in [2.05, 4.69) is 0 Å². The molecule has 1 rings (SSSR count). The zero-order valence-corrected chi connectivity index (χ0v) is 13.5. The molecule has 1 aromatic rings. The van der Waals surface area contributed by atoms with Gasteiger partial charge in [-0.2, -0.15) is 8.42 Å². The van der Waals surface area contributed by atoms with E-state index in [0.717, 1.165) is 18.2 Å². The molecule has 0 amide bonds. The molecule has 0 aromatic heterocycles. The third-order valence-electron chi connectivity index (χ3n) is 2.36. The largest absolute Gasteiger partial charge is 0.459 e. The molecule has 0 saturated carbocycles. The van der Waals surface area contributed by atoms with Crippen LogP contribution in [0.5, 0.6) is 0 Å². The lowest BCUT2D eigenvalue weighted by Crippen LogP contribution is -2.16. The average Bonchev–Trinajstić information content (AvgIpc) is 2.35. The molecule has 0 atom stereocenters. The van der Waals surface area contributed by atoms with Crippen LogP contribution in [0.1, 0.15) is 48.4 Å². The van der Waals surface area contributed by atoms with Gasteiger partial charge in [-0.1, -0.05) is 0 Å². The summed E-state index contributed by atoms with van der Waals surface area (Å²) in [6.45, 7) is 6.49. The van der Waals surface area contributed by atoms with Crippen molar-refractivity contribution in [3.05, 3.63) is 29.3 Å². The van der Waals surface area contributed by atoms with E-state index in [1.807, 2.05) is 0 Å². The van der Waals surface area contributed by atoms with Crippen molar-refractivity contribution in [3.63, 3.8) is 0 Å². The van der Waals surface area contributed by atoms with Gasteiger partial charge in [0, 0.05) is 0 Å². The molecule has 0 fully saturated rings. The number of rotatable bonds is 5. The second-order valence-electron chi connectivity index (χ2n) is 5.13. The minimum Gasteiger partial charge on any atom is -0.459 e. The molecule has 1 N–H and O–H groups in total. The topological polar surface area (TPSA) is 107 Å². The van der Waals surface area contributed by atoms with E-state index in [4.69, 9.17) is 14.0 Å². The van der Waals surface area contributed by atoms with Crippen LogP contribution in [-0.2, 0) is 19.6 Å². The molecular formula is C14H18O7S. The minimum atomic E-state index is -4.59. The van der Waals surface area contributed by atoms with Gasteiger partial charge in [-0.3, -0.25) is 4.55 Å². The van der Waals surface area contributed by atoms with E-state index < -0.39 is 39.2 Å². The van der Waals surface area contributed by atoms with Crippen molar-refractivity contribution >= 4 is 22.1 Å². The molecule has 7 nitrogen and oxygen atoms in total. The van der Waals surface area contributed by atoms with Crippen LogP contribution in [0.3, 0.4) is 0 Å². The van der Waals surface area contributed by atoms with Gasteiger partial charge in [0.15, 0.2) is 0 Å². The maximum Gasteiger partial charge on any atom is 0.338 e. The molecule has 0 bridgehead atoms. The van der Waals surface area contributed by atoms with E-state index in [1.54, 1.807) is 27.7 Å². The third kappa shape index (κ3) is 5.12. The van der Waals surface area contributed by atoms with Gasteiger partial charge in [0.05, 0.1) is 28.2 Å². The van der Waals surface area contributed by atoms with Crippen molar-refractivity contribution in [2.75, 3.05) is 0 Å². The number of hydrogen-bond acceptors (Lipinski definition) is 6. The number of carbonyl (C=O) groups is 2. The van der Waals surface area contributed by atoms with Crippen LogP contribution in [0, 0.1) is 0 Å². The first-order valence-electron chi connectivity index (χ1n) is 6.55. The Morgan fingerprint density at radius 2 is 1.27 bits per heavy atom. The van der Waals surface area contributed by atoms with Crippen molar-refractivity contribution in [2.24, 2.45) is 0 Å². The first-order valence-corrected chi connectivity index (χ1v) is 7.99. The van der Waals surface area contributed by atoms with E-state index in [0.29, 0.717) is 0 Å². The summed E-state index contributed by atoms with van der Waals surface area (Å²) in [6, 6.07) is 3.03. The van der Waals surface area contributed by atoms with Gasteiger partial charge in [-0.15, -0.1) is 0 Å². The Hall–Kier alpha value is -1.93. The minimum absolute atomic E-state index is 0.167.